The Labute approximate surface area is 133 Å². The van der Waals surface area contributed by atoms with Crippen LogP contribution in [0.15, 0.2) is 64.1 Å². The van der Waals surface area contributed by atoms with Crippen molar-refractivity contribution >= 4 is 21.9 Å². The zero-order valence-corrected chi connectivity index (χ0v) is 13.5. The highest BCUT2D eigenvalue weighted by atomic mass is 79.9. The molecule has 0 spiro atoms. The maximum Gasteiger partial charge on any atom is 0.192 e. The predicted molar refractivity (Wildman–Crippen MR) is 90.0 cm³/mol. The topological polar surface area (TPSA) is 41.6 Å². The number of benzene rings is 2. The first-order chi connectivity index (χ1) is 10.1. The SMILES string of the molecule is CC1(c2cccc(Br)c2)CN=C(N)N1Cc1ccccc1. The summed E-state index contributed by atoms with van der Waals surface area (Å²) in [6.07, 6.45) is 0. The highest BCUT2D eigenvalue weighted by Crippen LogP contribution is 2.34. The van der Waals surface area contributed by atoms with E-state index in [9.17, 15) is 0 Å². The van der Waals surface area contributed by atoms with Gasteiger partial charge >= 0.3 is 0 Å². The zero-order valence-electron chi connectivity index (χ0n) is 12.0. The van der Waals surface area contributed by atoms with Gasteiger partial charge in [0.2, 0.25) is 0 Å². The Kier molecular flexibility index (Phi) is 3.72. The molecule has 0 saturated carbocycles. The third-order valence-electron chi connectivity index (χ3n) is 4.05. The predicted octanol–water partition coefficient (Wildman–Crippen LogP) is 3.49. The number of nitrogens with zero attached hydrogens (tertiary/aromatic N) is 2. The summed E-state index contributed by atoms with van der Waals surface area (Å²) in [5.41, 5.74) is 8.39. The Bertz CT molecular complexity index is 669. The molecule has 0 saturated heterocycles. The van der Waals surface area contributed by atoms with E-state index < -0.39 is 0 Å². The standard InChI is InChI=1S/C17H18BrN3/c1-17(14-8-5-9-15(18)10-14)12-20-16(19)21(17)11-13-6-3-2-4-7-13/h2-10H,11-12H2,1H3,(H2,19,20). The number of aliphatic imine (C=N–C) groups is 1. The molecule has 0 aliphatic carbocycles. The quantitative estimate of drug-likeness (QED) is 0.926. The van der Waals surface area contributed by atoms with E-state index in [0.29, 0.717) is 12.5 Å². The smallest absolute Gasteiger partial charge is 0.192 e. The Morgan fingerprint density at radius 2 is 1.95 bits per heavy atom. The van der Waals surface area contributed by atoms with Crippen molar-refractivity contribution < 1.29 is 0 Å². The summed E-state index contributed by atoms with van der Waals surface area (Å²) in [6.45, 7) is 3.64. The Morgan fingerprint density at radius 1 is 1.19 bits per heavy atom. The molecule has 1 aliphatic heterocycles. The zero-order chi connectivity index (χ0) is 14.9. The van der Waals surface area contributed by atoms with Crippen molar-refractivity contribution in [1.82, 2.24) is 4.90 Å². The molecule has 0 amide bonds. The average Bonchev–Trinajstić information content (AvgIpc) is 2.78. The number of rotatable bonds is 3. The maximum absolute atomic E-state index is 6.14. The first-order valence-electron chi connectivity index (χ1n) is 6.97. The van der Waals surface area contributed by atoms with Crippen LogP contribution in [0.1, 0.15) is 18.1 Å². The number of nitrogens with two attached hydrogens (primary N) is 1. The molecule has 21 heavy (non-hydrogen) atoms. The maximum atomic E-state index is 6.14. The summed E-state index contributed by atoms with van der Waals surface area (Å²) in [5.74, 6) is 0.612. The van der Waals surface area contributed by atoms with Gasteiger partial charge in [-0.2, -0.15) is 0 Å². The highest BCUT2D eigenvalue weighted by molar-refractivity contribution is 9.10. The summed E-state index contributed by atoms with van der Waals surface area (Å²) in [7, 11) is 0. The van der Waals surface area contributed by atoms with Gasteiger partial charge in [-0.05, 0) is 30.2 Å². The van der Waals surface area contributed by atoms with Crippen LogP contribution in [0, 0.1) is 0 Å². The molecule has 3 rings (SSSR count). The minimum Gasteiger partial charge on any atom is -0.370 e. The third-order valence-corrected chi connectivity index (χ3v) is 4.54. The molecule has 1 atom stereocenters. The van der Waals surface area contributed by atoms with Crippen LogP contribution in [0.25, 0.3) is 0 Å². The van der Waals surface area contributed by atoms with Crippen molar-refractivity contribution in [3.8, 4) is 0 Å². The number of guanidine groups is 1. The van der Waals surface area contributed by atoms with E-state index in [1.165, 1.54) is 11.1 Å². The normalized spacial score (nSPS) is 21.4. The Balaban J connectivity index is 1.94. The van der Waals surface area contributed by atoms with Crippen LogP contribution in [0.3, 0.4) is 0 Å². The average molecular weight is 344 g/mol. The number of halogens is 1. The van der Waals surface area contributed by atoms with Gasteiger partial charge in [-0.1, -0.05) is 58.4 Å². The molecule has 0 aromatic heterocycles. The lowest BCUT2D eigenvalue weighted by Crippen LogP contribution is -2.46. The van der Waals surface area contributed by atoms with Crippen LogP contribution in [0.2, 0.25) is 0 Å². The van der Waals surface area contributed by atoms with Gasteiger partial charge in [-0.3, -0.25) is 4.99 Å². The van der Waals surface area contributed by atoms with Gasteiger partial charge in [0, 0.05) is 11.0 Å². The van der Waals surface area contributed by atoms with E-state index >= 15 is 0 Å². The lowest BCUT2D eigenvalue weighted by atomic mass is 9.90. The minimum absolute atomic E-state index is 0.205. The van der Waals surface area contributed by atoms with Gasteiger partial charge < -0.3 is 10.6 Å². The molecule has 2 aromatic rings. The van der Waals surface area contributed by atoms with Gasteiger partial charge in [0.1, 0.15) is 0 Å². The summed E-state index contributed by atoms with van der Waals surface area (Å²) >= 11 is 3.55. The van der Waals surface area contributed by atoms with Crippen molar-refractivity contribution in [2.75, 3.05) is 6.54 Å². The monoisotopic (exact) mass is 343 g/mol. The van der Waals surface area contributed by atoms with Gasteiger partial charge in [0.05, 0.1) is 12.1 Å². The lowest BCUT2D eigenvalue weighted by Gasteiger charge is -2.37. The highest BCUT2D eigenvalue weighted by Gasteiger charge is 2.39. The summed E-state index contributed by atoms with van der Waals surface area (Å²) in [4.78, 5) is 6.66. The molecule has 2 N–H and O–H groups in total. The fraction of sp³-hybridized carbons (Fsp3) is 0.235. The molecular formula is C17H18BrN3. The van der Waals surface area contributed by atoms with E-state index in [1.807, 2.05) is 12.1 Å². The van der Waals surface area contributed by atoms with E-state index in [0.717, 1.165) is 11.0 Å². The fourth-order valence-electron chi connectivity index (χ4n) is 2.75. The van der Waals surface area contributed by atoms with Crippen LogP contribution in [0.4, 0.5) is 0 Å². The molecule has 3 nitrogen and oxygen atoms in total. The van der Waals surface area contributed by atoms with Crippen LogP contribution in [0.5, 0.6) is 0 Å². The Morgan fingerprint density at radius 3 is 2.67 bits per heavy atom. The molecular weight excluding hydrogens is 326 g/mol. The van der Waals surface area contributed by atoms with E-state index in [-0.39, 0.29) is 5.54 Å². The number of hydrogen-bond acceptors (Lipinski definition) is 3. The first-order valence-corrected chi connectivity index (χ1v) is 7.76. The Hall–Kier alpha value is -1.81. The van der Waals surface area contributed by atoms with Crippen LogP contribution in [-0.4, -0.2) is 17.4 Å². The minimum atomic E-state index is -0.205. The summed E-state index contributed by atoms with van der Waals surface area (Å²) in [6, 6.07) is 18.7. The molecule has 1 aliphatic rings. The molecule has 2 aromatic carbocycles. The van der Waals surface area contributed by atoms with Crippen LogP contribution < -0.4 is 5.73 Å². The fourth-order valence-corrected chi connectivity index (χ4v) is 3.15. The van der Waals surface area contributed by atoms with E-state index in [1.54, 1.807) is 0 Å². The molecule has 0 radical (unpaired) electrons. The van der Waals surface area contributed by atoms with Crippen LogP contribution in [-0.2, 0) is 12.1 Å². The van der Waals surface area contributed by atoms with Crippen molar-refractivity contribution in [2.45, 2.75) is 19.0 Å². The van der Waals surface area contributed by atoms with Crippen molar-refractivity contribution in [1.29, 1.82) is 0 Å². The van der Waals surface area contributed by atoms with Gasteiger partial charge in [-0.15, -0.1) is 0 Å². The molecule has 1 heterocycles. The van der Waals surface area contributed by atoms with E-state index in [4.69, 9.17) is 5.73 Å². The molecule has 4 heteroatoms. The number of hydrogen-bond donors (Lipinski definition) is 1. The molecule has 108 valence electrons. The van der Waals surface area contributed by atoms with Crippen molar-refractivity contribution in [2.24, 2.45) is 10.7 Å². The summed E-state index contributed by atoms with van der Waals surface area (Å²) < 4.78 is 1.08. The van der Waals surface area contributed by atoms with E-state index in [2.05, 4.69) is 75.2 Å². The van der Waals surface area contributed by atoms with Gasteiger partial charge in [0.15, 0.2) is 5.96 Å². The first kappa shape index (κ1) is 14.1. The second kappa shape index (κ2) is 5.53. The van der Waals surface area contributed by atoms with Gasteiger partial charge in [0.25, 0.3) is 0 Å². The van der Waals surface area contributed by atoms with Crippen LogP contribution >= 0.6 is 15.9 Å². The largest absolute Gasteiger partial charge is 0.370 e. The molecule has 0 bridgehead atoms. The molecule has 0 fully saturated rings. The van der Waals surface area contributed by atoms with Crippen molar-refractivity contribution in [3.63, 3.8) is 0 Å². The summed E-state index contributed by atoms with van der Waals surface area (Å²) in [5, 5.41) is 0. The van der Waals surface area contributed by atoms with Gasteiger partial charge in [-0.25, -0.2) is 0 Å². The second-order valence-electron chi connectivity index (χ2n) is 5.53. The van der Waals surface area contributed by atoms with Crippen molar-refractivity contribution in [3.05, 3.63) is 70.2 Å². The second-order valence-corrected chi connectivity index (χ2v) is 6.45. The third kappa shape index (κ3) is 2.68. The molecule has 1 unspecified atom stereocenters. The lowest BCUT2D eigenvalue weighted by molar-refractivity contribution is 0.217.